The maximum Gasteiger partial charge on any atom is 0.278 e. The van der Waals surface area contributed by atoms with E-state index in [-0.39, 0.29) is 5.75 Å². The molecule has 0 aliphatic rings. The van der Waals surface area contributed by atoms with Crippen molar-refractivity contribution in [2.24, 2.45) is 0 Å². The van der Waals surface area contributed by atoms with Crippen molar-refractivity contribution in [1.29, 1.82) is 0 Å². The van der Waals surface area contributed by atoms with E-state index >= 15 is 0 Å². The second-order valence-electron chi connectivity index (χ2n) is 2.85. The second-order valence-corrected chi connectivity index (χ2v) is 2.85. The van der Waals surface area contributed by atoms with Crippen molar-refractivity contribution in [3.63, 3.8) is 0 Å². The second kappa shape index (κ2) is 3.60. The van der Waals surface area contributed by atoms with Gasteiger partial charge in [-0.3, -0.25) is 0 Å². The number of aromatic hydroxyl groups is 1. The van der Waals surface area contributed by atoms with Crippen LogP contribution in [0.5, 0.6) is 11.5 Å². The summed E-state index contributed by atoms with van der Waals surface area (Å²) in [7, 11) is 0. The molecule has 0 aliphatic carbocycles. The Labute approximate surface area is 74.8 Å². The van der Waals surface area contributed by atoms with Crippen LogP contribution in [-0.2, 0) is 0 Å². The molecule has 1 aromatic carbocycles. The van der Waals surface area contributed by atoms with Gasteiger partial charge in [-0.15, -0.1) is 0 Å². The molecule has 13 heavy (non-hydrogen) atoms. The molecule has 0 spiro atoms. The zero-order valence-corrected chi connectivity index (χ0v) is 7.13. The minimum absolute atomic E-state index is 0.0793. The summed E-state index contributed by atoms with van der Waals surface area (Å²) in [5, 5.41) is 8.88. The number of phenols is 1. The van der Waals surface area contributed by atoms with Crippen molar-refractivity contribution in [3.8, 4) is 11.5 Å². The smallest absolute Gasteiger partial charge is 0.278 e. The molecule has 2 nitrogen and oxygen atoms in total. The average molecular weight is 188 g/mol. The lowest BCUT2D eigenvalue weighted by atomic mass is 10.3. The molecule has 0 heterocycles. The highest BCUT2D eigenvalue weighted by Crippen LogP contribution is 2.19. The molecule has 1 aromatic rings. The van der Waals surface area contributed by atoms with Gasteiger partial charge < -0.3 is 9.84 Å². The molecule has 0 aromatic heterocycles. The summed E-state index contributed by atoms with van der Waals surface area (Å²) in [5.41, 5.74) is 0. The van der Waals surface area contributed by atoms with Gasteiger partial charge in [0.15, 0.2) is 6.61 Å². The molecule has 72 valence electrons. The first-order valence-electron chi connectivity index (χ1n) is 3.77. The Morgan fingerprint density at radius 3 is 2.31 bits per heavy atom. The Morgan fingerprint density at radius 2 is 1.85 bits per heavy atom. The van der Waals surface area contributed by atoms with Gasteiger partial charge in [0.05, 0.1) is 0 Å². The molecule has 0 aliphatic heterocycles. The quantitative estimate of drug-likeness (QED) is 0.789. The topological polar surface area (TPSA) is 29.5 Å². The predicted molar refractivity (Wildman–Crippen MR) is 44.2 cm³/mol. The molecule has 0 fully saturated rings. The Balaban J connectivity index is 2.51. The normalized spacial score (nSPS) is 11.3. The van der Waals surface area contributed by atoms with E-state index in [1.165, 1.54) is 24.3 Å². The zero-order valence-electron chi connectivity index (χ0n) is 7.13. The molecule has 1 rings (SSSR count). The maximum absolute atomic E-state index is 12.3. The van der Waals surface area contributed by atoms with E-state index in [4.69, 9.17) is 9.84 Å². The number of alkyl halides is 2. The Bertz CT molecular complexity index is 264. The van der Waals surface area contributed by atoms with E-state index in [0.717, 1.165) is 6.92 Å². The van der Waals surface area contributed by atoms with E-state index in [9.17, 15) is 8.78 Å². The standard InChI is InChI=1S/C9H10F2O2/c1-9(10,11)6-13-8-4-2-7(12)3-5-8/h2-5,12H,6H2,1H3. The fourth-order valence-corrected chi connectivity index (χ4v) is 0.752. The van der Waals surface area contributed by atoms with Crippen LogP contribution in [0.1, 0.15) is 6.92 Å². The lowest BCUT2D eigenvalue weighted by Crippen LogP contribution is -2.20. The molecule has 4 heteroatoms. The lowest BCUT2D eigenvalue weighted by Gasteiger charge is -2.11. The Hall–Kier alpha value is -1.32. The molecule has 1 N–H and O–H groups in total. The Kier molecular flexibility index (Phi) is 2.70. The highest BCUT2D eigenvalue weighted by atomic mass is 19.3. The number of rotatable bonds is 3. The molecule has 0 saturated heterocycles. The summed E-state index contributed by atoms with van der Waals surface area (Å²) >= 11 is 0. The van der Waals surface area contributed by atoms with Gasteiger partial charge >= 0.3 is 0 Å². The predicted octanol–water partition coefficient (Wildman–Crippen LogP) is 2.43. The minimum atomic E-state index is -2.84. The summed E-state index contributed by atoms with van der Waals surface area (Å²) in [4.78, 5) is 0. The van der Waals surface area contributed by atoms with E-state index in [1.54, 1.807) is 0 Å². The van der Waals surface area contributed by atoms with Crippen LogP contribution < -0.4 is 4.74 Å². The van der Waals surface area contributed by atoms with Gasteiger partial charge in [0.2, 0.25) is 0 Å². The van der Waals surface area contributed by atoms with E-state index in [1.807, 2.05) is 0 Å². The monoisotopic (exact) mass is 188 g/mol. The lowest BCUT2D eigenvalue weighted by molar-refractivity contribution is -0.0229. The minimum Gasteiger partial charge on any atom is -0.508 e. The van der Waals surface area contributed by atoms with Crippen LogP contribution in [0.3, 0.4) is 0 Å². The van der Waals surface area contributed by atoms with Gasteiger partial charge in [-0.2, -0.15) is 0 Å². The van der Waals surface area contributed by atoms with Gasteiger partial charge in [-0.05, 0) is 24.3 Å². The highest BCUT2D eigenvalue weighted by Gasteiger charge is 2.21. The van der Waals surface area contributed by atoms with Crippen molar-refractivity contribution in [1.82, 2.24) is 0 Å². The molecule has 0 amide bonds. The van der Waals surface area contributed by atoms with Crippen LogP contribution in [0.2, 0.25) is 0 Å². The fraction of sp³-hybridized carbons (Fsp3) is 0.333. The van der Waals surface area contributed by atoms with Gasteiger partial charge in [-0.25, -0.2) is 8.78 Å². The van der Waals surface area contributed by atoms with Crippen LogP contribution in [0.4, 0.5) is 8.78 Å². The van der Waals surface area contributed by atoms with Crippen molar-refractivity contribution in [2.75, 3.05) is 6.61 Å². The summed E-state index contributed by atoms with van der Waals surface area (Å²) in [5.74, 6) is -2.44. The highest BCUT2D eigenvalue weighted by molar-refractivity contribution is 5.30. The first kappa shape index (κ1) is 9.77. The van der Waals surface area contributed by atoms with Gasteiger partial charge in [0, 0.05) is 6.92 Å². The van der Waals surface area contributed by atoms with Gasteiger partial charge in [0.25, 0.3) is 5.92 Å². The molecular weight excluding hydrogens is 178 g/mol. The maximum atomic E-state index is 12.3. The van der Waals surface area contributed by atoms with Gasteiger partial charge in [-0.1, -0.05) is 0 Å². The first-order chi connectivity index (χ1) is 5.97. The summed E-state index contributed by atoms with van der Waals surface area (Å²) < 4.78 is 29.4. The third-order valence-electron chi connectivity index (χ3n) is 1.33. The summed E-state index contributed by atoms with van der Waals surface area (Å²) in [6, 6.07) is 5.62. The average Bonchev–Trinajstić information content (AvgIpc) is 2.02. The number of benzene rings is 1. The molecule has 0 bridgehead atoms. The van der Waals surface area contributed by atoms with Crippen LogP contribution in [-0.4, -0.2) is 17.6 Å². The number of halogens is 2. The largest absolute Gasteiger partial charge is 0.508 e. The number of hydrogen-bond acceptors (Lipinski definition) is 2. The third kappa shape index (κ3) is 3.73. The van der Waals surface area contributed by atoms with Crippen molar-refractivity contribution in [2.45, 2.75) is 12.8 Å². The number of hydrogen-bond donors (Lipinski definition) is 1. The van der Waals surface area contributed by atoms with E-state index < -0.39 is 12.5 Å². The van der Waals surface area contributed by atoms with E-state index in [0.29, 0.717) is 5.75 Å². The fourth-order valence-electron chi connectivity index (χ4n) is 0.752. The van der Waals surface area contributed by atoms with Crippen molar-refractivity contribution >= 4 is 0 Å². The first-order valence-corrected chi connectivity index (χ1v) is 3.77. The SMILES string of the molecule is CC(F)(F)COc1ccc(O)cc1. The van der Waals surface area contributed by atoms with Crippen molar-refractivity contribution in [3.05, 3.63) is 24.3 Å². The van der Waals surface area contributed by atoms with Crippen LogP contribution in [0, 0.1) is 0 Å². The Morgan fingerprint density at radius 1 is 1.31 bits per heavy atom. The van der Waals surface area contributed by atoms with Crippen LogP contribution >= 0.6 is 0 Å². The van der Waals surface area contributed by atoms with Crippen LogP contribution in [0.15, 0.2) is 24.3 Å². The molecule has 0 unspecified atom stereocenters. The molecule has 0 atom stereocenters. The van der Waals surface area contributed by atoms with E-state index in [2.05, 4.69) is 0 Å². The molecular formula is C9H10F2O2. The van der Waals surface area contributed by atoms with Crippen LogP contribution in [0.25, 0.3) is 0 Å². The van der Waals surface area contributed by atoms with Gasteiger partial charge in [0.1, 0.15) is 11.5 Å². The van der Waals surface area contributed by atoms with Crippen molar-refractivity contribution < 1.29 is 18.6 Å². The summed E-state index contributed by atoms with van der Waals surface area (Å²) in [6.07, 6.45) is 0. The summed E-state index contributed by atoms with van der Waals surface area (Å²) in [6.45, 7) is 0.130. The molecule has 0 saturated carbocycles. The zero-order chi connectivity index (χ0) is 9.90. The number of phenolic OH excluding ortho intramolecular Hbond substituents is 1. The third-order valence-corrected chi connectivity index (χ3v) is 1.33. The number of ether oxygens (including phenoxy) is 1. The molecule has 0 radical (unpaired) electrons.